The van der Waals surface area contributed by atoms with Gasteiger partial charge in [0.1, 0.15) is 0 Å². The Labute approximate surface area is 98.3 Å². The van der Waals surface area contributed by atoms with Gasteiger partial charge >= 0.3 is 0 Å². The highest BCUT2D eigenvalue weighted by Crippen LogP contribution is 2.23. The van der Waals surface area contributed by atoms with Crippen LogP contribution in [0.1, 0.15) is 11.3 Å². The number of hydrogen-bond acceptors (Lipinski definition) is 5. The van der Waals surface area contributed by atoms with E-state index in [0.29, 0.717) is 6.54 Å². The predicted molar refractivity (Wildman–Crippen MR) is 63.0 cm³/mol. The average molecular weight is 232 g/mol. The van der Waals surface area contributed by atoms with Gasteiger partial charge in [0.25, 0.3) is 0 Å². The highest BCUT2D eigenvalue weighted by molar-refractivity contribution is 7.99. The van der Waals surface area contributed by atoms with Gasteiger partial charge in [0.05, 0.1) is 5.69 Å². The molecule has 2 N–H and O–H groups in total. The number of aryl methyl sites for hydroxylation is 1. The Morgan fingerprint density at radius 3 is 2.69 bits per heavy atom. The number of nitrogens with two attached hydrogens (primary N) is 1. The Morgan fingerprint density at radius 1 is 1.25 bits per heavy atom. The third-order valence-corrected chi connectivity index (χ3v) is 2.85. The SMILES string of the molecule is Cc1cnc(Sc2ccnc(CN)c2)nc1. The average Bonchev–Trinajstić information content (AvgIpc) is 2.32. The van der Waals surface area contributed by atoms with Crippen molar-refractivity contribution >= 4 is 11.8 Å². The quantitative estimate of drug-likeness (QED) is 0.817. The number of hydrogen-bond donors (Lipinski definition) is 1. The Hall–Kier alpha value is -1.46. The van der Waals surface area contributed by atoms with Crippen LogP contribution in [-0.2, 0) is 6.54 Å². The van der Waals surface area contributed by atoms with Crippen molar-refractivity contribution in [1.29, 1.82) is 0 Å². The molecule has 5 heteroatoms. The number of nitrogens with zero attached hydrogens (tertiary/aromatic N) is 3. The zero-order valence-electron chi connectivity index (χ0n) is 8.92. The third-order valence-electron chi connectivity index (χ3n) is 1.96. The van der Waals surface area contributed by atoms with E-state index in [1.807, 2.05) is 19.1 Å². The summed E-state index contributed by atoms with van der Waals surface area (Å²) in [5.74, 6) is 0. The van der Waals surface area contributed by atoms with Gasteiger partial charge in [0, 0.05) is 30.0 Å². The van der Waals surface area contributed by atoms with E-state index in [9.17, 15) is 0 Å². The van der Waals surface area contributed by atoms with E-state index in [4.69, 9.17) is 5.73 Å². The molecule has 0 aliphatic rings. The summed E-state index contributed by atoms with van der Waals surface area (Å²) in [6, 6.07) is 3.88. The first-order valence-corrected chi connectivity index (χ1v) is 5.71. The number of pyridine rings is 1. The zero-order chi connectivity index (χ0) is 11.4. The van der Waals surface area contributed by atoms with Gasteiger partial charge < -0.3 is 5.73 Å². The lowest BCUT2D eigenvalue weighted by atomic mass is 10.3. The van der Waals surface area contributed by atoms with Gasteiger partial charge in [-0.05, 0) is 36.4 Å². The normalized spacial score (nSPS) is 10.4. The second-order valence-electron chi connectivity index (χ2n) is 3.33. The van der Waals surface area contributed by atoms with Crippen LogP contribution in [0.2, 0.25) is 0 Å². The highest BCUT2D eigenvalue weighted by atomic mass is 32.2. The molecule has 0 amide bonds. The van der Waals surface area contributed by atoms with E-state index >= 15 is 0 Å². The van der Waals surface area contributed by atoms with Crippen molar-refractivity contribution < 1.29 is 0 Å². The molecule has 0 unspecified atom stereocenters. The minimum Gasteiger partial charge on any atom is -0.325 e. The second kappa shape index (κ2) is 5.05. The van der Waals surface area contributed by atoms with Crippen LogP contribution in [-0.4, -0.2) is 15.0 Å². The van der Waals surface area contributed by atoms with Gasteiger partial charge in [0.2, 0.25) is 0 Å². The molecule has 4 nitrogen and oxygen atoms in total. The summed E-state index contributed by atoms with van der Waals surface area (Å²) in [5, 5.41) is 0.736. The molecule has 2 aromatic rings. The fourth-order valence-electron chi connectivity index (χ4n) is 1.17. The van der Waals surface area contributed by atoms with Crippen molar-refractivity contribution in [2.24, 2.45) is 5.73 Å². The first kappa shape index (κ1) is 11.0. The third kappa shape index (κ3) is 2.77. The van der Waals surface area contributed by atoms with Crippen LogP contribution in [0.15, 0.2) is 40.8 Å². The summed E-state index contributed by atoms with van der Waals surface area (Å²) in [6.07, 6.45) is 5.36. The summed E-state index contributed by atoms with van der Waals surface area (Å²) in [6.45, 7) is 2.41. The molecule has 0 aliphatic carbocycles. The van der Waals surface area contributed by atoms with Gasteiger partial charge in [-0.3, -0.25) is 4.98 Å². The van der Waals surface area contributed by atoms with Crippen LogP contribution >= 0.6 is 11.8 Å². The summed E-state index contributed by atoms with van der Waals surface area (Å²) < 4.78 is 0. The molecule has 0 aromatic carbocycles. The summed E-state index contributed by atoms with van der Waals surface area (Å²) in [4.78, 5) is 13.6. The largest absolute Gasteiger partial charge is 0.325 e. The highest BCUT2D eigenvalue weighted by Gasteiger charge is 2.01. The monoisotopic (exact) mass is 232 g/mol. The van der Waals surface area contributed by atoms with Gasteiger partial charge in [-0.15, -0.1) is 0 Å². The van der Waals surface area contributed by atoms with Gasteiger partial charge in [0.15, 0.2) is 5.16 Å². The minimum absolute atomic E-state index is 0.448. The Kier molecular flexibility index (Phi) is 3.48. The van der Waals surface area contributed by atoms with Crippen molar-refractivity contribution in [3.8, 4) is 0 Å². The van der Waals surface area contributed by atoms with E-state index in [2.05, 4.69) is 15.0 Å². The lowest BCUT2D eigenvalue weighted by molar-refractivity contribution is 0.945. The Bertz CT molecular complexity index is 470. The van der Waals surface area contributed by atoms with Crippen LogP contribution < -0.4 is 5.73 Å². The van der Waals surface area contributed by atoms with Crippen LogP contribution in [0.5, 0.6) is 0 Å². The van der Waals surface area contributed by atoms with E-state index in [-0.39, 0.29) is 0 Å². The number of rotatable bonds is 3. The summed E-state index contributed by atoms with van der Waals surface area (Å²) in [5.41, 5.74) is 7.46. The standard InChI is InChI=1S/C11H12N4S/c1-8-6-14-11(15-7-8)16-10-2-3-13-9(4-10)5-12/h2-4,6-7H,5,12H2,1H3. The molecule has 82 valence electrons. The van der Waals surface area contributed by atoms with Gasteiger partial charge in [-0.25, -0.2) is 9.97 Å². The lowest BCUT2D eigenvalue weighted by Crippen LogP contribution is -1.98. The fourth-order valence-corrected chi connectivity index (χ4v) is 1.92. The van der Waals surface area contributed by atoms with Crippen molar-refractivity contribution in [3.05, 3.63) is 42.0 Å². The van der Waals surface area contributed by atoms with Crippen molar-refractivity contribution in [3.63, 3.8) is 0 Å². The van der Waals surface area contributed by atoms with Crippen molar-refractivity contribution in [1.82, 2.24) is 15.0 Å². The van der Waals surface area contributed by atoms with E-state index in [1.54, 1.807) is 18.6 Å². The molecule has 2 heterocycles. The second-order valence-corrected chi connectivity index (χ2v) is 4.37. The first-order valence-electron chi connectivity index (χ1n) is 4.89. The van der Waals surface area contributed by atoms with E-state index < -0.39 is 0 Å². The molecular formula is C11H12N4S. The maximum Gasteiger partial charge on any atom is 0.192 e. The van der Waals surface area contributed by atoms with Crippen molar-refractivity contribution in [2.45, 2.75) is 23.5 Å². The number of aromatic nitrogens is 3. The van der Waals surface area contributed by atoms with Crippen LogP contribution in [0.4, 0.5) is 0 Å². The minimum atomic E-state index is 0.448. The molecular weight excluding hydrogens is 220 g/mol. The van der Waals surface area contributed by atoms with Crippen molar-refractivity contribution in [2.75, 3.05) is 0 Å². The molecule has 0 spiro atoms. The molecule has 0 fully saturated rings. The maximum absolute atomic E-state index is 5.53. The molecule has 0 radical (unpaired) electrons. The predicted octanol–water partition coefficient (Wildman–Crippen LogP) is 1.79. The first-order chi connectivity index (χ1) is 7.78. The lowest BCUT2D eigenvalue weighted by Gasteiger charge is -2.01. The van der Waals surface area contributed by atoms with Crippen LogP contribution in [0.25, 0.3) is 0 Å². The summed E-state index contributed by atoms with van der Waals surface area (Å²) in [7, 11) is 0. The molecule has 0 bridgehead atoms. The fraction of sp³-hybridized carbons (Fsp3) is 0.182. The van der Waals surface area contributed by atoms with Crippen LogP contribution in [0, 0.1) is 6.92 Å². The molecule has 2 rings (SSSR count). The maximum atomic E-state index is 5.53. The van der Waals surface area contributed by atoms with E-state index in [1.165, 1.54) is 11.8 Å². The summed E-state index contributed by atoms with van der Waals surface area (Å²) >= 11 is 1.51. The van der Waals surface area contributed by atoms with Gasteiger partial charge in [-0.2, -0.15) is 0 Å². The zero-order valence-corrected chi connectivity index (χ0v) is 9.74. The van der Waals surface area contributed by atoms with Crippen LogP contribution in [0.3, 0.4) is 0 Å². The Morgan fingerprint density at radius 2 is 2.00 bits per heavy atom. The topological polar surface area (TPSA) is 64.7 Å². The molecule has 0 saturated carbocycles. The van der Waals surface area contributed by atoms with E-state index in [0.717, 1.165) is 21.3 Å². The molecule has 0 aliphatic heterocycles. The van der Waals surface area contributed by atoms with Gasteiger partial charge in [-0.1, -0.05) is 0 Å². The Balaban J connectivity index is 2.16. The molecule has 2 aromatic heterocycles. The molecule has 0 atom stereocenters. The molecule has 0 saturated heterocycles. The smallest absolute Gasteiger partial charge is 0.192 e. The molecule has 16 heavy (non-hydrogen) atoms.